The Labute approximate surface area is 117 Å². The molecule has 0 radical (unpaired) electrons. The summed E-state index contributed by atoms with van der Waals surface area (Å²) in [6.07, 6.45) is 6.51. The van der Waals surface area contributed by atoms with Gasteiger partial charge in [0.2, 0.25) is 5.91 Å². The van der Waals surface area contributed by atoms with Crippen LogP contribution in [-0.4, -0.2) is 44.2 Å². The third kappa shape index (κ3) is 9.45. The van der Waals surface area contributed by atoms with Crippen molar-refractivity contribution in [2.45, 2.75) is 38.2 Å². The molecule has 18 heavy (non-hydrogen) atoms. The molecule has 0 aromatic heterocycles. The van der Waals surface area contributed by atoms with Crippen molar-refractivity contribution in [2.24, 2.45) is 5.73 Å². The molecule has 0 spiro atoms. The Morgan fingerprint density at radius 1 is 1.44 bits per heavy atom. The van der Waals surface area contributed by atoms with Gasteiger partial charge in [-0.2, -0.15) is 0 Å². The van der Waals surface area contributed by atoms with Crippen LogP contribution in [0.15, 0.2) is 12.7 Å². The molecule has 5 heteroatoms. The minimum absolute atomic E-state index is 0. The lowest BCUT2D eigenvalue weighted by Crippen LogP contribution is -2.34. The molecule has 0 aromatic rings. The molecule has 1 atom stereocenters. The Hall–Kier alpha value is -0.580. The number of allylic oxidation sites excluding steroid dienone is 1. The molecule has 0 saturated heterocycles. The molecule has 0 heterocycles. The molecule has 0 rings (SSSR count). The quantitative estimate of drug-likeness (QED) is 0.491. The van der Waals surface area contributed by atoms with Gasteiger partial charge in [0.1, 0.15) is 0 Å². The van der Waals surface area contributed by atoms with Crippen molar-refractivity contribution in [1.29, 1.82) is 0 Å². The van der Waals surface area contributed by atoms with Crippen molar-refractivity contribution in [2.75, 3.05) is 27.2 Å². The normalized spacial score (nSPS) is 11.5. The second-order valence-corrected chi connectivity index (χ2v) is 4.25. The molecule has 0 fully saturated rings. The first kappa shape index (κ1) is 19.8. The van der Waals surface area contributed by atoms with Crippen molar-refractivity contribution in [1.82, 2.24) is 4.90 Å². The van der Waals surface area contributed by atoms with Gasteiger partial charge >= 0.3 is 0 Å². The average Bonchev–Trinajstić information content (AvgIpc) is 2.35. The van der Waals surface area contributed by atoms with Crippen molar-refractivity contribution < 1.29 is 9.53 Å². The molecular formula is C13H27ClN2O2. The van der Waals surface area contributed by atoms with E-state index in [4.69, 9.17) is 10.5 Å². The van der Waals surface area contributed by atoms with Crippen LogP contribution in [0.1, 0.15) is 32.1 Å². The monoisotopic (exact) mass is 278 g/mol. The number of methoxy groups -OCH3 is 1. The second-order valence-electron chi connectivity index (χ2n) is 4.25. The first-order valence-electron chi connectivity index (χ1n) is 6.23. The highest BCUT2D eigenvalue weighted by Gasteiger charge is 2.14. The molecule has 0 aromatic carbocycles. The van der Waals surface area contributed by atoms with Crippen molar-refractivity contribution in [3.63, 3.8) is 0 Å². The predicted molar refractivity (Wildman–Crippen MR) is 78.0 cm³/mol. The Balaban J connectivity index is 0. The maximum atomic E-state index is 11.8. The zero-order valence-electron chi connectivity index (χ0n) is 11.6. The topological polar surface area (TPSA) is 55.6 Å². The number of nitrogens with two attached hydrogens (primary N) is 1. The SMILES string of the molecule is C=CCCCCCN(C)C(=O)CC(CN)OC.Cl. The van der Waals surface area contributed by atoms with Gasteiger partial charge in [-0.25, -0.2) is 0 Å². The number of carbonyl (C=O) groups excluding carboxylic acids is 1. The summed E-state index contributed by atoms with van der Waals surface area (Å²) in [5.41, 5.74) is 5.48. The zero-order valence-corrected chi connectivity index (χ0v) is 12.4. The van der Waals surface area contributed by atoms with E-state index >= 15 is 0 Å². The van der Waals surface area contributed by atoms with Gasteiger partial charge in [-0.1, -0.05) is 12.5 Å². The standard InChI is InChI=1S/C13H26N2O2.ClH/c1-4-5-6-7-8-9-15(2)13(16)10-12(11-14)17-3;/h4,12H,1,5-11,14H2,2-3H3;1H. The van der Waals surface area contributed by atoms with E-state index in [0.29, 0.717) is 13.0 Å². The summed E-state index contributed by atoms with van der Waals surface area (Å²) in [6.45, 7) is 4.87. The number of hydrogen-bond acceptors (Lipinski definition) is 3. The number of rotatable bonds is 10. The molecule has 0 bridgehead atoms. The third-order valence-electron chi connectivity index (χ3n) is 2.83. The number of hydrogen-bond donors (Lipinski definition) is 1. The summed E-state index contributed by atoms with van der Waals surface area (Å²) in [4.78, 5) is 13.5. The highest BCUT2D eigenvalue weighted by Crippen LogP contribution is 2.04. The fraction of sp³-hybridized carbons (Fsp3) is 0.769. The second kappa shape index (κ2) is 12.9. The molecule has 2 N–H and O–H groups in total. The summed E-state index contributed by atoms with van der Waals surface area (Å²) < 4.78 is 5.09. The lowest BCUT2D eigenvalue weighted by molar-refractivity contribution is -0.132. The number of halogens is 1. The lowest BCUT2D eigenvalue weighted by atomic mass is 10.2. The predicted octanol–water partition coefficient (Wildman–Crippen LogP) is 1.98. The Kier molecular flexibility index (Phi) is 14.1. The largest absolute Gasteiger partial charge is 0.380 e. The first-order valence-corrected chi connectivity index (χ1v) is 6.23. The number of ether oxygens (including phenoxy) is 1. The average molecular weight is 279 g/mol. The summed E-state index contributed by atoms with van der Waals surface area (Å²) in [7, 11) is 3.42. The van der Waals surface area contributed by atoms with Gasteiger partial charge in [0.05, 0.1) is 12.5 Å². The van der Waals surface area contributed by atoms with E-state index in [2.05, 4.69) is 6.58 Å². The highest BCUT2D eigenvalue weighted by molar-refractivity contribution is 5.85. The van der Waals surface area contributed by atoms with Crippen LogP contribution < -0.4 is 5.73 Å². The van der Waals surface area contributed by atoms with E-state index in [0.717, 1.165) is 32.2 Å². The van der Waals surface area contributed by atoms with Crippen LogP contribution in [0.5, 0.6) is 0 Å². The molecule has 0 aliphatic rings. The molecule has 0 saturated carbocycles. The Morgan fingerprint density at radius 3 is 2.61 bits per heavy atom. The van der Waals surface area contributed by atoms with E-state index in [9.17, 15) is 4.79 Å². The van der Waals surface area contributed by atoms with Crippen molar-refractivity contribution >= 4 is 18.3 Å². The van der Waals surface area contributed by atoms with Gasteiger partial charge in [-0.15, -0.1) is 19.0 Å². The summed E-state index contributed by atoms with van der Waals surface area (Å²) in [5.74, 6) is 0.103. The van der Waals surface area contributed by atoms with Crippen LogP contribution >= 0.6 is 12.4 Å². The molecule has 1 unspecified atom stereocenters. The van der Waals surface area contributed by atoms with Crippen LogP contribution in [0.4, 0.5) is 0 Å². The van der Waals surface area contributed by atoms with Gasteiger partial charge in [-0.3, -0.25) is 4.79 Å². The molecule has 4 nitrogen and oxygen atoms in total. The number of carbonyl (C=O) groups is 1. The van der Waals surface area contributed by atoms with Crippen molar-refractivity contribution in [3.05, 3.63) is 12.7 Å². The molecule has 0 aliphatic carbocycles. The Bertz CT molecular complexity index is 221. The number of amides is 1. The summed E-state index contributed by atoms with van der Waals surface area (Å²) in [5, 5.41) is 0. The minimum Gasteiger partial charge on any atom is -0.380 e. The number of unbranched alkanes of at least 4 members (excludes halogenated alkanes) is 3. The smallest absolute Gasteiger partial charge is 0.224 e. The zero-order chi connectivity index (χ0) is 13.1. The molecule has 108 valence electrons. The third-order valence-corrected chi connectivity index (χ3v) is 2.83. The molecule has 0 aliphatic heterocycles. The van der Waals surface area contributed by atoms with Crippen LogP contribution in [0.2, 0.25) is 0 Å². The van der Waals surface area contributed by atoms with E-state index in [1.807, 2.05) is 13.1 Å². The lowest BCUT2D eigenvalue weighted by Gasteiger charge is -2.20. The van der Waals surface area contributed by atoms with Gasteiger partial charge < -0.3 is 15.4 Å². The minimum atomic E-state index is -0.161. The van der Waals surface area contributed by atoms with Gasteiger partial charge in [-0.05, 0) is 19.3 Å². The number of nitrogens with zero attached hydrogens (tertiary/aromatic N) is 1. The maximum Gasteiger partial charge on any atom is 0.224 e. The fourth-order valence-corrected chi connectivity index (χ4v) is 1.55. The van der Waals surface area contributed by atoms with Gasteiger partial charge in [0, 0.05) is 27.2 Å². The van der Waals surface area contributed by atoms with Gasteiger partial charge in [0.15, 0.2) is 0 Å². The van der Waals surface area contributed by atoms with E-state index in [1.54, 1.807) is 12.0 Å². The molecular weight excluding hydrogens is 252 g/mol. The summed E-state index contributed by atoms with van der Waals surface area (Å²) in [6, 6.07) is 0. The highest BCUT2D eigenvalue weighted by atomic mass is 35.5. The molecule has 1 amide bonds. The van der Waals surface area contributed by atoms with Crippen LogP contribution in [0.3, 0.4) is 0 Å². The van der Waals surface area contributed by atoms with E-state index in [-0.39, 0.29) is 24.4 Å². The van der Waals surface area contributed by atoms with Crippen molar-refractivity contribution in [3.8, 4) is 0 Å². The van der Waals surface area contributed by atoms with Gasteiger partial charge in [0.25, 0.3) is 0 Å². The summed E-state index contributed by atoms with van der Waals surface area (Å²) >= 11 is 0. The van der Waals surface area contributed by atoms with Crippen LogP contribution in [0, 0.1) is 0 Å². The maximum absolute atomic E-state index is 11.8. The Morgan fingerprint density at radius 2 is 2.11 bits per heavy atom. The van der Waals surface area contributed by atoms with Crippen LogP contribution in [-0.2, 0) is 9.53 Å². The first-order chi connectivity index (χ1) is 8.15. The van der Waals surface area contributed by atoms with Crippen LogP contribution in [0.25, 0.3) is 0 Å². The van der Waals surface area contributed by atoms with E-state index in [1.165, 1.54) is 0 Å². The van der Waals surface area contributed by atoms with E-state index < -0.39 is 0 Å². The fourth-order valence-electron chi connectivity index (χ4n) is 1.55.